The van der Waals surface area contributed by atoms with Crippen LogP contribution < -0.4 is 10.6 Å². The fourth-order valence-electron chi connectivity index (χ4n) is 1.85. The number of nitrogens with one attached hydrogen (secondary N) is 2. The molecular weight excluding hydrogens is 290 g/mol. The van der Waals surface area contributed by atoms with Crippen molar-refractivity contribution in [1.82, 2.24) is 5.32 Å². The fraction of sp³-hybridized carbons (Fsp3) is 0.125. The summed E-state index contributed by atoms with van der Waals surface area (Å²) in [4.78, 5) is 23.2. The SMILES string of the molecule is CNC(=O)Cc1ccc(NC(=O)c2ccc(F)cc2F)cc1. The summed E-state index contributed by atoms with van der Waals surface area (Å²) < 4.78 is 26.3. The number of hydrogen-bond donors (Lipinski definition) is 2. The normalized spacial score (nSPS) is 10.1. The lowest BCUT2D eigenvalue weighted by molar-refractivity contribution is -0.119. The summed E-state index contributed by atoms with van der Waals surface area (Å²) in [6.07, 6.45) is 0.233. The number of benzene rings is 2. The van der Waals surface area contributed by atoms with Gasteiger partial charge in [-0.05, 0) is 29.8 Å². The molecule has 0 heterocycles. The lowest BCUT2D eigenvalue weighted by Gasteiger charge is -2.07. The molecule has 6 heteroatoms. The van der Waals surface area contributed by atoms with E-state index in [1.165, 1.54) is 0 Å². The lowest BCUT2D eigenvalue weighted by Crippen LogP contribution is -2.19. The number of carbonyl (C=O) groups excluding carboxylic acids is 2. The third kappa shape index (κ3) is 3.88. The van der Waals surface area contributed by atoms with Crippen molar-refractivity contribution >= 4 is 17.5 Å². The van der Waals surface area contributed by atoms with Gasteiger partial charge in [-0.25, -0.2) is 8.78 Å². The van der Waals surface area contributed by atoms with Crippen molar-refractivity contribution in [3.63, 3.8) is 0 Å². The highest BCUT2D eigenvalue weighted by Gasteiger charge is 2.12. The number of hydrogen-bond acceptors (Lipinski definition) is 2. The molecule has 0 unspecified atom stereocenters. The molecule has 2 amide bonds. The largest absolute Gasteiger partial charge is 0.359 e. The van der Waals surface area contributed by atoms with Crippen molar-refractivity contribution in [2.75, 3.05) is 12.4 Å². The smallest absolute Gasteiger partial charge is 0.258 e. The van der Waals surface area contributed by atoms with Crippen LogP contribution in [-0.2, 0) is 11.2 Å². The minimum absolute atomic E-state index is 0.120. The van der Waals surface area contributed by atoms with Crippen LogP contribution in [0.25, 0.3) is 0 Å². The van der Waals surface area contributed by atoms with Crippen molar-refractivity contribution < 1.29 is 18.4 Å². The first-order valence-corrected chi connectivity index (χ1v) is 6.55. The molecule has 2 aromatic rings. The van der Waals surface area contributed by atoms with Crippen LogP contribution in [0.3, 0.4) is 0 Å². The van der Waals surface area contributed by atoms with Gasteiger partial charge in [-0.3, -0.25) is 9.59 Å². The zero-order valence-electron chi connectivity index (χ0n) is 11.8. The third-order valence-corrected chi connectivity index (χ3v) is 3.03. The van der Waals surface area contributed by atoms with Gasteiger partial charge >= 0.3 is 0 Å². The van der Waals surface area contributed by atoms with E-state index >= 15 is 0 Å². The molecule has 2 aromatic carbocycles. The molecule has 2 rings (SSSR count). The standard InChI is InChI=1S/C16H14F2N2O2/c1-19-15(21)8-10-2-5-12(6-3-10)20-16(22)13-7-4-11(17)9-14(13)18/h2-7,9H,8H2,1H3,(H,19,21)(H,20,22). The van der Waals surface area contributed by atoms with Gasteiger partial charge in [0.2, 0.25) is 5.91 Å². The summed E-state index contributed by atoms with van der Waals surface area (Å²) in [5, 5.41) is 5.02. The highest BCUT2D eigenvalue weighted by atomic mass is 19.1. The van der Waals surface area contributed by atoms with Gasteiger partial charge in [0.15, 0.2) is 0 Å². The molecule has 114 valence electrons. The highest BCUT2D eigenvalue weighted by Crippen LogP contribution is 2.14. The molecule has 0 aliphatic carbocycles. The first-order valence-electron chi connectivity index (χ1n) is 6.55. The van der Waals surface area contributed by atoms with Gasteiger partial charge < -0.3 is 10.6 Å². The quantitative estimate of drug-likeness (QED) is 0.912. The molecule has 4 nitrogen and oxygen atoms in total. The Morgan fingerprint density at radius 1 is 1.05 bits per heavy atom. The van der Waals surface area contributed by atoms with E-state index in [1.54, 1.807) is 31.3 Å². The maximum atomic E-state index is 13.5. The van der Waals surface area contributed by atoms with Crippen LogP contribution in [0.4, 0.5) is 14.5 Å². The number of halogens is 2. The second-order valence-electron chi connectivity index (χ2n) is 4.63. The van der Waals surface area contributed by atoms with Crippen LogP contribution in [-0.4, -0.2) is 18.9 Å². The molecule has 0 aromatic heterocycles. The van der Waals surface area contributed by atoms with Crippen molar-refractivity contribution in [1.29, 1.82) is 0 Å². The predicted octanol–water partition coefficient (Wildman–Crippen LogP) is 2.51. The van der Waals surface area contributed by atoms with E-state index in [-0.39, 0.29) is 17.9 Å². The maximum Gasteiger partial charge on any atom is 0.258 e. The van der Waals surface area contributed by atoms with Crippen molar-refractivity contribution in [2.45, 2.75) is 6.42 Å². The number of rotatable bonds is 4. The van der Waals surface area contributed by atoms with Crippen LogP contribution in [0.5, 0.6) is 0 Å². The molecule has 0 saturated carbocycles. The Hall–Kier alpha value is -2.76. The van der Waals surface area contributed by atoms with Crippen LogP contribution in [0.15, 0.2) is 42.5 Å². The Balaban J connectivity index is 2.07. The van der Waals surface area contributed by atoms with Gasteiger partial charge in [-0.15, -0.1) is 0 Å². The Labute approximate surface area is 126 Å². The Morgan fingerprint density at radius 2 is 1.73 bits per heavy atom. The minimum atomic E-state index is -0.922. The monoisotopic (exact) mass is 304 g/mol. The summed E-state index contributed by atoms with van der Waals surface area (Å²) in [5.74, 6) is -2.46. The minimum Gasteiger partial charge on any atom is -0.359 e. The molecule has 0 spiro atoms. The molecule has 0 atom stereocenters. The maximum absolute atomic E-state index is 13.5. The Morgan fingerprint density at radius 3 is 2.32 bits per heavy atom. The van der Waals surface area contributed by atoms with Crippen LogP contribution in [0.2, 0.25) is 0 Å². The first-order chi connectivity index (χ1) is 10.5. The van der Waals surface area contributed by atoms with E-state index in [9.17, 15) is 18.4 Å². The summed E-state index contributed by atoms with van der Waals surface area (Å²) in [5.41, 5.74) is 0.996. The van der Waals surface area contributed by atoms with E-state index in [0.717, 1.165) is 17.7 Å². The van der Waals surface area contributed by atoms with Gasteiger partial charge in [0.25, 0.3) is 5.91 Å². The van der Waals surface area contributed by atoms with Crippen molar-refractivity contribution in [3.05, 3.63) is 65.2 Å². The average Bonchev–Trinajstić information content (AvgIpc) is 2.49. The van der Waals surface area contributed by atoms with Gasteiger partial charge in [-0.1, -0.05) is 12.1 Å². The summed E-state index contributed by atoms with van der Waals surface area (Å²) in [6, 6.07) is 9.35. The van der Waals surface area contributed by atoms with Gasteiger partial charge in [0.1, 0.15) is 11.6 Å². The van der Waals surface area contributed by atoms with Crippen molar-refractivity contribution in [3.8, 4) is 0 Å². The van der Waals surface area contributed by atoms with Crippen LogP contribution in [0.1, 0.15) is 15.9 Å². The third-order valence-electron chi connectivity index (χ3n) is 3.03. The Kier molecular flexibility index (Phi) is 4.83. The highest BCUT2D eigenvalue weighted by molar-refractivity contribution is 6.04. The van der Waals surface area contributed by atoms with Crippen molar-refractivity contribution in [2.24, 2.45) is 0 Å². The molecule has 0 radical (unpaired) electrons. The van der Waals surface area contributed by atoms with Gasteiger partial charge in [-0.2, -0.15) is 0 Å². The topological polar surface area (TPSA) is 58.2 Å². The first kappa shape index (κ1) is 15.6. The van der Waals surface area contributed by atoms with Gasteiger partial charge in [0, 0.05) is 18.8 Å². The molecule has 0 saturated heterocycles. The van der Waals surface area contributed by atoms with E-state index in [4.69, 9.17) is 0 Å². The van der Waals surface area contributed by atoms with E-state index in [0.29, 0.717) is 11.8 Å². The molecule has 0 bridgehead atoms. The van der Waals surface area contributed by atoms with Gasteiger partial charge in [0.05, 0.1) is 12.0 Å². The number of amides is 2. The number of likely N-dealkylation sites (N-methyl/N-ethyl adjacent to an activating group) is 1. The predicted molar refractivity (Wildman–Crippen MR) is 78.5 cm³/mol. The Bertz CT molecular complexity index is 700. The zero-order chi connectivity index (χ0) is 16.1. The van der Waals surface area contributed by atoms with E-state index in [2.05, 4.69) is 10.6 Å². The summed E-state index contributed by atoms with van der Waals surface area (Å²) in [6.45, 7) is 0. The van der Waals surface area contributed by atoms with Crippen LogP contribution >= 0.6 is 0 Å². The number of anilines is 1. The number of carbonyl (C=O) groups is 2. The van der Waals surface area contributed by atoms with E-state index in [1.807, 2.05) is 0 Å². The zero-order valence-corrected chi connectivity index (χ0v) is 11.8. The fourth-order valence-corrected chi connectivity index (χ4v) is 1.85. The molecule has 2 N–H and O–H groups in total. The van der Waals surface area contributed by atoms with Crippen LogP contribution in [0, 0.1) is 11.6 Å². The second kappa shape index (κ2) is 6.80. The average molecular weight is 304 g/mol. The second-order valence-corrected chi connectivity index (χ2v) is 4.63. The summed E-state index contributed by atoms with van der Waals surface area (Å²) in [7, 11) is 1.55. The molecule has 0 aliphatic heterocycles. The summed E-state index contributed by atoms with van der Waals surface area (Å²) >= 11 is 0. The molecule has 0 fully saturated rings. The molecule has 0 aliphatic rings. The molecular formula is C16H14F2N2O2. The lowest BCUT2D eigenvalue weighted by atomic mass is 10.1. The molecule has 22 heavy (non-hydrogen) atoms. The van der Waals surface area contributed by atoms with E-state index < -0.39 is 17.5 Å².